The number of benzene rings is 1. The van der Waals surface area contributed by atoms with Crippen molar-refractivity contribution in [3.05, 3.63) is 30.1 Å². The van der Waals surface area contributed by atoms with Crippen molar-refractivity contribution in [3.63, 3.8) is 0 Å². The van der Waals surface area contributed by atoms with Crippen molar-refractivity contribution < 1.29 is 14.3 Å². The van der Waals surface area contributed by atoms with E-state index >= 15 is 0 Å². The lowest BCUT2D eigenvalue weighted by Crippen LogP contribution is -2.37. The highest BCUT2D eigenvalue weighted by Gasteiger charge is 2.13. The van der Waals surface area contributed by atoms with Crippen molar-refractivity contribution in [2.24, 2.45) is 0 Å². The number of anilines is 1. The third kappa shape index (κ3) is 4.03. The Hall–Kier alpha value is -1.62. The van der Waals surface area contributed by atoms with Crippen LogP contribution in [0.4, 0.5) is 14.9 Å². The van der Waals surface area contributed by atoms with Crippen LogP contribution in [0.25, 0.3) is 0 Å². The predicted molar refractivity (Wildman–Crippen MR) is 64.4 cm³/mol. The molecule has 17 heavy (non-hydrogen) atoms. The summed E-state index contributed by atoms with van der Waals surface area (Å²) >= 11 is 0. The molecular formula is C12H17FN2O2. The van der Waals surface area contributed by atoms with E-state index in [2.05, 4.69) is 5.32 Å². The molecule has 0 saturated heterocycles. The first kappa shape index (κ1) is 13.4. The summed E-state index contributed by atoms with van der Waals surface area (Å²) in [5, 5.41) is 11.3. The van der Waals surface area contributed by atoms with Crippen LogP contribution in [0, 0.1) is 5.82 Å². The lowest BCUT2D eigenvalue weighted by molar-refractivity contribution is 0.188. The molecule has 94 valence electrons. The first-order valence-corrected chi connectivity index (χ1v) is 5.60. The molecule has 0 unspecified atom stereocenters. The molecule has 1 aromatic rings. The number of urea groups is 1. The summed E-state index contributed by atoms with van der Waals surface area (Å²) < 4.78 is 13.3. The molecule has 0 heterocycles. The van der Waals surface area contributed by atoms with E-state index in [1.54, 1.807) is 12.1 Å². The fourth-order valence-electron chi connectivity index (χ4n) is 1.46. The molecule has 0 aliphatic heterocycles. The summed E-state index contributed by atoms with van der Waals surface area (Å²) in [6.45, 7) is 2.60. The van der Waals surface area contributed by atoms with Gasteiger partial charge in [0, 0.05) is 13.1 Å². The molecule has 0 radical (unpaired) electrons. The van der Waals surface area contributed by atoms with Gasteiger partial charge in [-0.1, -0.05) is 19.1 Å². The van der Waals surface area contributed by atoms with Crippen LogP contribution in [0.5, 0.6) is 0 Å². The first-order valence-electron chi connectivity index (χ1n) is 5.60. The predicted octanol–water partition coefficient (Wildman–Crippen LogP) is 2.06. The number of hydrogen-bond acceptors (Lipinski definition) is 2. The zero-order valence-electron chi connectivity index (χ0n) is 9.82. The van der Waals surface area contributed by atoms with E-state index in [4.69, 9.17) is 5.11 Å². The molecule has 4 nitrogen and oxygen atoms in total. The molecule has 0 fully saturated rings. The Balaban J connectivity index is 2.66. The Morgan fingerprint density at radius 3 is 2.71 bits per heavy atom. The number of amides is 2. The zero-order valence-corrected chi connectivity index (χ0v) is 9.82. The largest absolute Gasteiger partial charge is 0.395 e. The average Bonchev–Trinajstić information content (AvgIpc) is 2.32. The number of nitrogens with zero attached hydrogens (tertiary/aromatic N) is 1. The second-order valence-electron chi connectivity index (χ2n) is 3.62. The van der Waals surface area contributed by atoms with Crippen LogP contribution in [-0.2, 0) is 0 Å². The van der Waals surface area contributed by atoms with Gasteiger partial charge in [-0.25, -0.2) is 9.18 Å². The Bertz CT molecular complexity index is 365. The Labute approximate surface area is 100 Å². The van der Waals surface area contributed by atoms with Crippen LogP contribution in [0.15, 0.2) is 24.3 Å². The van der Waals surface area contributed by atoms with Crippen molar-refractivity contribution in [2.75, 3.05) is 25.0 Å². The van der Waals surface area contributed by atoms with Gasteiger partial charge in [-0.15, -0.1) is 0 Å². The summed E-state index contributed by atoms with van der Waals surface area (Å²) in [4.78, 5) is 13.2. The normalized spacial score (nSPS) is 10.1. The molecule has 2 N–H and O–H groups in total. The van der Waals surface area contributed by atoms with Gasteiger partial charge in [0.25, 0.3) is 0 Å². The average molecular weight is 240 g/mol. The number of aliphatic hydroxyl groups is 1. The standard InChI is InChI=1S/C12H17FN2O2/c1-2-7-15(8-9-16)12(17)14-11-6-4-3-5-10(11)13/h3-6,16H,2,7-9H2,1H3,(H,14,17). The molecule has 2 amide bonds. The summed E-state index contributed by atoms with van der Waals surface area (Å²) in [5.74, 6) is -0.471. The fraction of sp³-hybridized carbons (Fsp3) is 0.417. The van der Waals surface area contributed by atoms with Crippen molar-refractivity contribution in [1.29, 1.82) is 0 Å². The van der Waals surface area contributed by atoms with Crippen LogP contribution < -0.4 is 5.32 Å². The quantitative estimate of drug-likeness (QED) is 0.827. The van der Waals surface area contributed by atoms with Crippen molar-refractivity contribution >= 4 is 11.7 Å². The SMILES string of the molecule is CCCN(CCO)C(=O)Nc1ccccc1F. The van der Waals surface area contributed by atoms with Crippen molar-refractivity contribution in [1.82, 2.24) is 4.90 Å². The van der Waals surface area contributed by atoms with Crippen LogP contribution >= 0.6 is 0 Å². The molecule has 0 bridgehead atoms. The van der Waals surface area contributed by atoms with Gasteiger partial charge < -0.3 is 15.3 Å². The third-order valence-corrected chi connectivity index (χ3v) is 2.27. The van der Waals surface area contributed by atoms with E-state index in [-0.39, 0.29) is 18.8 Å². The van der Waals surface area contributed by atoms with Crippen LogP contribution in [0.2, 0.25) is 0 Å². The highest BCUT2D eigenvalue weighted by molar-refractivity contribution is 5.89. The minimum Gasteiger partial charge on any atom is -0.395 e. The first-order chi connectivity index (χ1) is 8.19. The molecule has 0 aromatic heterocycles. The summed E-state index contributed by atoms with van der Waals surface area (Å²) in [7, 11) is 0. The highest BCUT2D eigenvalue weighted by Crippen LogP contribution is 2.13. The molecule has 0 saturated carbocycles. The highest BCUT2D eigenvalue weighted by atomic mass is 19.1. The van der Waals surface area contributed by atoms with Gasteiger partial charge in [-0.2, -0.15) is 0 Å². The molecule has 1 aromatic carbocycles. The van der Waals surface area contributed by atoms with Gasteiger partial charge in [-0.3, -0.25) is 0 Å². The maximum atomic E-state index is 13.3. The number of para-hydroxylation sites is 1. The maximum Gasteiger partial charge on any atom is 0.322 e. The number of rotatable bonds is 5. The van der Waals surface area contributed by atoms with E-state index in [0.717, 1.165) is 6.42 Å². The summed E-state index contributed by atoms with van der Waals surface area (Å²) in [5.41, 5.74) is 0.150. The molecule has 0 atom stereocenters. The number of aliphatic hydroxyl groups excluding tert-OH is 1. The molecule has 1 rings (SSSR count). The van der Waals surface area contributed by atoms with Gasteiger partial charge in [0.1, 0.15) is 5.82 Å². The number of hydrogen-bond donors (Lipinski definition) is 2. The molecule has 5 heteroatoms. The van der Waals surface area contributed by atoms with E-state index < -0.39 is 11.8 Å². The van der Waals surface area contributed by atoms with Gasteiger partial charge >= 0.3 is 6.03 Å². The second kappa shape index (κ2) is 6.85. The Kier molecular flexibility index (Phi) is 5.42. The lowest BCUT2D eigenvalue weighted by atomic mass is 10.3. The minimum atomic E-state index is -0.471. The third-order valence-electron chi connectivity index (χ3n) is 2.27. The maximum absolute atomic E-state index is 13.3. The number of halogens is 1. The minimum absolute atomic E-state index is 0.106. The summed E-state index contributed by atoms with van der Waals surface area (Å²) in [6.07, 6.45) is 0.782. The fourth-order valence-corrected chi connectivity index (χ4v) is 1.46. The van der Waals surface area contributed by atoms with Gasteiger partial charge in [0.05, 0.1) is 12.3 Å². The zero-order chi connectivity index (χ0) is 12.7. The molecular weight excluding hydrogens is 223 g/mol. The topological polar surface area (TPSA) is 52.6 Å². The van der Waals surface area contributed by atoms with Crippen LogP contribution in [0.3, 0.4) is 0 Å². The smallest absolute Gasteiger partial charge is 0.322 e. The van der Waals surface area contributed by atoms with Gasteiger partial charge in [0.15, 0.2) is 0 Å². The van der Waals surface area contributed by atoms with Gasteiger partial charge in [-0.05, 0) is 18.6 Å². The molecule has 0 aliphatic carbocycles. The lowest BCUT2D eigenvalue weighted by Gasteiger charge is -2.21. The van der Waals surface area contributed by atoms with Gasteiger partial charge in [0.2, 0.25) is 0 Å². The van der Waals surface area contributed by atoms with Crippen LogP contribution in [0.1, 0.15) is 13.3 Å². The van der Waals surface area contributed by atoms with Crippen molar-refractivity contribution in [3.8, 4) is 0 Å². The Morgan fingerprint density at radius 1 is 1.41 bits per heavy atom. The molecule has 0 spiro atoms. The summed E-state index contributed by atoms with van der Waals surface area (Å²) in [6, 6.07) is 5.59. The number of carbonyl (C=O) groups excluding carboxylic acids is 1. The molecule has 0 aliphatic rings. The van der Waals surface area contributed by atoms with Crippen molar-refractivity contribution in [2.45, 2.75) is 13.3 Å². The number of nitrogens with one attached hydrogen (secondary N) is 1. The van der Waals surface area contributed by atoms with Crippen LogP contribution in [-0.4, -0.2) is 35.7 Å². The second-order valence-corrected chi connectivity index (χ2v) is 3.62. The van der Waals surface area contributed by atoms with E-state index in [1.807, 2.05) is 6.92 Å². The number of carbonyl (C=O) groups is 1. The van der Waals surface area contributed by atoms with E-state index in [9.17, 15) is 9.18 Å². The Morgan fingerprint density at radius 2 is 2.12 bits per heavy atom. The van der Waals surface area contributed by atoms with E-state index in [1.165, 1.54) is 17.0 Å². The van der Waals surface area contributed by atoms with E-state index in [0.29, 0.717) is 6.54 Å². The monoisotopic (exact) mass is 240 g/mol.